The van der Waals surface area contributed by atoms with Crippen molar-refractivity contribution in [3.8, 4) is 5.88 Å². The number of benzene rings is 1. The second-order valence-electron chi connectivity index (χ2n) is 7.34. The molecule has 4 rings (SSSR count). The Labute approximate surface area is 149 Å². The van der Waals surface area contributed by atoms with E-state index in [1.54, 1.807) is 0 Å². The Hall–Kier alpha value is -1.85. The van der Waals surface area contributed by atoms with Gasteiger partial charge in [-0.2, -0.15) is 0 Å². The zero-order chi connectivity index (χ0) is 17.1. The van der Waals surface area contributed by atoms with Gasteiger partial charge >= 0.3 is 0 Å². The molecule has 1 aromatic heterocycles. The van der Waals surface area contributed by atoms with Crippen molar-refractivity contribution < 1.29 is 4.74 Å². The molecule has 1 aromatic carbocycles. The molecule has 0 spiro atoms. The molecule has 0 aliphatic carbocycles. The second-order valence-corrected chi connectivity index (χ2v) is 7.34. The number of rotatable bonds is 4. The smallest absolute Gasteiger partial charge is 0.221 e. The highest BCUT2D eigenvalue weighted by Gasteiger charge is 2.20. The van der Waals surface area contributed by atoms with Gasteiger partial charge in [0, 0.05) is 36.4 Å². The lowest BCUT2D eigenvalue weighted by molar-refractivity contribution is 0.111. The summed E-state index contributed by atoms with van der Waals surface area (Å²) in [6.45, 7) is 4.38. The number of hydrogen-bond donors (Lipinski definition) is 2. The van der Waals surface area contributed by atoms with Crippen molar-refractivity contribution in [2.75, 3.05) is 38.5 Å². The summed E-state index contributed by atoms with van der Waals surface area (Å²) < 4.78 is 6.29. The molecule has 134 valence electrons. The van der Waals surface area contributed by atoms with Gasteiger partial charge in [0.15, 0.2) is 0 Å². The van der Waals surface area contributed by atoms with E-state index in [2.05, 4.69) is 51.8 Å². The molecule has 2 saturated heterocycles. The first-order chi connectivity index (χ1) is 12.3. The minimum absolute atomic E-state index is 0.273. The van der Waals surface area contributed by atoms with E-state index in [0.717, 1.165) is 50.3 Å². The largest absolute Gasteiger partial charge is 0.474 e. The van der Waals surface area contributed by atoms with Crippen LogP contribution >= 0.6 is 0 Å². The van der Waals surface area contributed by atoms with Crippen LogP contribution in [0.5, 0.6) is 5.88 Å². The summed E-state index contributed by atoms with van der Waals surface area (Å²) in [5.74, 6) is 0.779. The lowest BCUT2D eigenvalue weighted by atomic mass is 10.1. The first kappa shape index (κ1) is 16.6. The van der Waals surface area contributed by atoms with Gasteiger partial charge in [-0.05, 0) is 69.4 Å². The molecule has 0 amide bonds. The minimum atomic E-state index is 0.273. The van der Waals surface area contributed by atoms with E-state index in [1.165, 1.54) is 23.9 Å². The highest BCUT2D eigenvalue weighted by molar-refractivity contribution is 5.89. The molecule has 2 aliphatic rings. The Balaban J connectivity index is 1.53. The van der Waals surface area contributed by atoms with Gasteiger partial charge in [-0.15, -0.1) is 0 Å². The van der Waals surface area contributed by atoms with Gasteiger partial charge in [0.25, 0.3) is 0 Å². The van der Waals surface area contributed by atoms with E-state index in [4.69, 9.17) is 4.74 Å². The quantitative estimate of drug-likeness (QED) is 0.896. The first-order valence-corrected chi connectivity index (χ1v) is 9.49. The van der Waals surface area contributed by atoms with Crippen LogP contribution in [-0.2, 0) is 0 Å². The molecule has 0 bridgehead atoms. The standard InChI is InChI=1S/C20H28N4O/c1-24-12-7-18(8-13-24)25-20-19-14-17(3-2-15(19)4-11-22-20)23-16-5-9-21-10-6-16/h2-4,11,14,16,18,21,23H,5-10,12-13H2,1H3. The van der Waals surface area contributed by atoms with Crippen LogP contribution in [0, 0.1) is 0 Å². The molecule has 2 aromatic rings. The number of nitrogens with one attached hydrogen (secondary N) is 2. The molecular weight excluding hydrogens is 312 g/mol. The maximum absolute atomic E-state index is 6.29. The molecule has 2 aliphatic heterocycles. The Morgan fingerprint density at radius 3 is 2.72 bits per heavy atom. The number of pyridine rings is 1. The van der Waals surface area contributed by atoms with Crippen LogP contribution in [0.15, 0.2) is 30.5 Å². The summed E-state index contributed by atoms with van der Waals surface area (Å²) in [5, 5.41) is 9.39. The molecular formula is C20H28N4O. The van der Waals surface area contributed by atoms with Crippen molar-refractivity contribution in [1.82, 2.24) is 15.2 Å². The number of likely N-dealkylation sites (tertiary alicyclic amines) is 1. The SMILES string of the molecule is CN1CCC(Oc2nccc3ccc(NC4CCNCC4)cc23)CC1. The van der Waals surface area contributed by atoms with Crippen molar-refractivity contribution in [3.63, 3.8) is 0 Å². The van der Waals surface area contributed by atoms with Crippen molar-refractivity contribution in [3.05, 3.63) is 30.5 Å². The minimum Gasteiger partial charge on any atom is -0.474 e. The molecule has 3 heterocycles. The van der Waals surface area contributed by atoms with E-state index in [1.807, 2.05) is 6.20 Å². The number of aromatic nitrogens is 1. The fourth-order valence-corrected chi connectivity index (χ4v) is 3.79. The van der Waals surface area contributed by atoms with Gasteiger partial charge in [0.2, 0.25) is 5.88 Å². The van der Waals surface area contributed by atoms with Gasteiger partial charge in [-0.3, -0.25) is 0 Å². The van der Waals surface area contributed by atoms with E-state index in [9.17, 15) is 0 Å². The summed E-state index contributed by atoms with van der Waals surface area (Å²) in [5.41, 5.74) is 1.17. The summed E-state index contributed by atoms with van der Waals surface area (Å²) in [4.78, 5) is 6.89. The molecule has 5 heteroatoms. The molecule has 0 atom stereocenters. The highest BCUT2D eigenvalue weighted by atomic mass is 16.5. The monoisotopic (exact) mass is 340 g/mol. The maximum atomic E-state index is 6.29. The highest BCUT2D eigenvalue weighted by Crippen LogP contribution is 2.29. The third-order valence-electron chi connectivity index (χ3n) is 5.38. The number of anilines is 1. The van der Waals surface area contributed by atoms with Crippen LogP contribution in [0.4, 0.5) is 5.69 Å². The number of ether oxygens (including phenoxy) is 1. The Kier molecular flexibility index (Phi) is 5.04. The first-order valence-electron chi connectivity index (χ1n) is 9.49. The van der Waals surface area contributed by atoms with Crippen LogP contribution in [0.3, 0.4) is 0 Å². The van der Waals surface area contributed by atoms with Gasteiger partial charge in [-0.25, -0.2) is 4.98 Å². The van der Waals surface area contributed by atoms with Crippen molar-refractivity contribution in [1.29, 1.82) is 0 Å². The molecule has 0 radical (unpaired) electrons. The number of fused-ring (bicyclic) bond motifs is 1. The summed E-state index contributed by atoms with van der Waals surface area (Å²) in [6.07, 6.45) is 6.61. The third kappa shape index (κ3) is 4.05. The molecule has 0 saturated carbocycles. The van der Waals surface area contributed by atoms with Crippen molar-refractivity contribution in [2.45, 2.75) is 37.8 Å². The van der Waals surface area contributed by atoms with E-state index in [-0.39, 0.29) is 6.10 Å². The van der Waals surface area contributed by atoms with Crippen molar-refractivity contribution in [2.24, 2.45) is 0 Å². The number of nitrogens with zero attached hydrogens (tertiary/aromatic N) is 2. The zero-order valence-electron chi connectivity index (χ0n) is 15.0. The van der Waals surface area contributed by atoms with Crippen LogP contribution in [0.25, 0.3) is 10.8 Å². The van der Waals surface area contributed by atoms with E-state index < -0.39 is 0 Å². The second kappa shape index (κ2) is 7.58. The fourth-order valence-electron chi connectivity index (χ4n) is 3.79. The normalized spacial score (nSPS) is 20.7. The number of piperidine rings is 2. The van der Waals surface area contributed by atoms with Gasteiger partial charge in [-0.1, -0.05) is 6.07 Å². The summed E-state index contributed by atoms with van der Waals surface area (Å²) in [6, 6.07) is 9.15. The average molecular weight is 340 g/mol. The summed E-state index contributed by atoms with van der Waals surface area (Å²) in [7, 11) is 2.17. The third-order valence-corrected chi connectivity index (χ3v) is 5.38. The van der Waals surface area contributed by atoms with Crippen LogP contribution < -0.4 is 15.4 Å². The molecule has 2 fully saturated rings. The predicted molar refractivity (Wildman–Crippen MR) is 102 cm³/mol. The average Bonchev–Trinajstić information content (AvgIpc) is 2.65. The fraction of sp³-hybridized carbons (Fsp3) is 0.550. The van der Waals surface area contributed by atoms with Gasteiger partial charge in [0.05, 0.1) is 0 Å². The van der Waals surface area contributed by atoms with Crippen LogP contribution in [0.1, 0.15) is 25.7 Å². The Bertz CT molecular complexity index is 706. The zero-order valence-corrected chi connectivity index (χ0v) is 15.0. The van der Waals surface area contributed by atoms with Crippen LogP contribution in [0.2, 0.25) is 0 Å². The Morgan fingerprint density at radius 2 is 1.92 bits per heavy atom. The van der Waals surface area contributed by atoms with Crippen molar-refractivity contribution >= 4 is 16.5 Å². The van der Waals surface area contributed by atoms with Crippen LogP contribution in [-0.4, -0.2) is 55.3 Å². The molecule has 25 heavy (non-hydrogen) atoms. The number of hydrogen-bond acceptors (Lipinski definition) is 5. The lowest BCUT2D eigenvalue weighted by Crippen LogP contribution is -2.35. The molecule has 2 N–H and O–H groups in total. The van der Waals surface area contributed by atoms with E-state index in [0.29, 0.717) is 6.04 Å². The molecule has 5 nitrogen and oxygen atoms in total. The summed E-state index contributed by atoms with van der Waals surface area (Å²) >= 11 is 0. The topological polar surface area (TPSA) is 49.4 Å². The Morgan fingerprint density at radius 1 is 1.12 bits per heavy atom. The molecule has 0 unspecified atom stereocenters. The predicted octanol–water partition coefficient (Wildman–Crippen LogP) is 2.87. The lowest BCUT2D eigenvalue weighted by Gasteiger charge is -2.29. The van der Waals surface area contributed by atoms with Gasteiger partial charge < -0.3 is 20.3 Å². The van der Waals surface area contributed by atoms with E-state index >= 15 is 0 Å². The van der Waals surface area contributed by atoms with Gasteiger partial charge in [0.1, 0.15) is 6.10 Å². The maximum Gasteiger partial charge on any atom is 0.221 e.